The van der Waals surface area contributed by atoms with Crippen molar-refractivity contribution in [2.45, 2.75) is 26.2 Å². The molecular weight excluding hydrogens is 388 g/mol. The number of carbonyl (C=O) groups is 1. The minimum Gasteiger partial charge on any atom is -0.287 e. The highest BCUT2D eigenvalue weighted by molar-refractivity contribution is 6.05. The molecule has 0 bridgehead atoms. The van der Waals surface area contributed by atoms with Crippen molar-refractivity contribution in [3.8, 4) is 0 Å². The quantitative estimate of drug-likeness (QED) is 0.481. The number of nitrogens with zero attached hydrogens (tertiary/aromatic N) is 2. The number of para-hydroxylation sites is 1. The molecule has 0 radical (unpaired) electrons. The zero-order chi connectivity index (χ0) is 22.2. The second-order valence-corrected chi connectivity index (χ2v) is 8.43. The summed E-state index contributed by atoms with van der Waals surface area (Å²) in [6.45, 7) is 6.29. The zero-order valence-electron chi connectivity index (χ0n) is 17.6. The van der Waals surface area contributed by atoms with Crippen LogP contribution in [-0.2, 0) is 5.41 Å². The molecule has 5 nitrogen and oxygen atoms in total. The third kappa shape index (κ3) is 3.82. The van der Waals surface area contributed by atoms with Gasteiger partial charge >= 0.3 is 0 Å². The smallest absolute Gasteiger partial charge is 0.278 e. The average molecular weight is 410 g/mol. The number of hydrogen-bond donors (Lipinski definition) is 0. The number of anilines is 1. The van der Waals surface area contributed by atoms with Crippen LogP contribution < -0.4 is 21.2 Å². The minimum absolute atomic E-state index is 0.0462. The summed E-state index contributed by atoms with van der Waals surface area (Å²) in [5.74, 6) is -0.421. The molecule has 4 aromatic carbocycles. The Balaban J connectivity index is 1.88. The Morgan fingerprint density at radius 2 is 1.26 bits per heavy atom. The third-order valence-electron chi connectivity index (χ3n) is 5.24. The van der Waals surface area contributed by atoms with Gasteiger partial charge in [0.15, 0.2) is 5.36 Å². The molecule has 0 heterocycles. The summed E-state index contributed by atoms with van der Waals surface area (Å²) in [6, 6.07) is 22.7. The fourth-order valence-corrected chi connectivity index (χ4v) is 3.45. The van der Waals surface area contributed by atoms with E-state index >= 15 is 0 Å². The van der Waals surface area contributed by atoms with Crippen LogP contribution in [0.2, 0.25) is 0 Å². The van der Waals surface area contributed by atoms with Gasteiger partial charge in [0.25, 0.3) is 5.91 Å². The van der Waals surface area contributed by atoms with Gasteiger partial charge in [0, 0.05) is 16.3 Å². The molecule has 0 saturated heterocycles. The van der Waals surface area contributed by atoms with E-state index in [1.54, 1.807) is 60.7 Å². The molecule has 31 heavy (non-hydrogen) atoms. The average Bonchev–Trinajstić information content (AvgIpc) is 3.02. The molecule has 0 atom stereocenters. The van der Waals surface area contributed by atoms with Gasteiger partial charge in [-0.25, -0.2) is 0 Å². The van der Waals surface area contributed by atoms with Crippen LogP contribution in [0.5, 0.6) is 0 Å². The van der Waals surface area contributed by atoms with Gasteiger partial charge < -0.3 is 0 Å². The minimum atomic E-state index is -0.475. The Kier molecular flexibility index (Phi) is 5.11. The van der Waals surface area contributed by atoms with E-state index in [4.69, 9.17) is 0 Å². The van der Waals surface area contributed by atoms with Gasteiger partial charge in [-0.2, -0.15) is 10.1 Å². The van der Waals surface area contributed by atoms with Gasteiger partial charge in [-0.1, -0.05) is 75.4 Å². The largest absolute Gasteiger partial charge is 0.287 e. The Morgan fingerprint density at radius 1 is 0.742 bits per heavy atom. The first-order valence-corrected chi connectivity index (χ1v) is 10.0. The molecule has 0 spiro atoms. The Bertz CT molecular complexity index is 1360. The van der Waals surface area contributed by atoms with E-state index in [1.807, 2.05) is 18.2 Å². The summed E-state index contributed by atoms with van der Waals surface area (Å²) in [5, 5.41) is 5.75. The van der Waals surface area contributed by atoms with E-state index in [2.05, 4.69) is 25.9 Å². The highest BCUT2D eigenvalue weighted by atomic mass is 16.2. The van der Waals surface area contributed by atoms with Gasteiger partial charge in [0.1, 0.15) is 0 Å². The summed E-state index contributed by atoms with van der Waals surface area (Å²) in [6.07, 6.45) is 0. The number of amides is 1. The number of hydrogen-bond acceptors (Lipinski definition) is 4. The topological polar surface area (TPSA) is 66.8 Å². The molecule has 1 amide bonds. The molecule has 0 fully saturated rings. The molecular formula is C26H22N2O3. The summed E-state index contributed by atoms with van der Waals surface area (Å²) in [7, 11) is 0. The van der Waals surface area contributed by atoms with Crippen molar-refractivity contribution in [3.63, 3.8) is 0 Å². The molecule has 0 aromatic heterocycles. The van der Waals surface area contributed by atoms with Gasteiger partial charge in [-0.05, 0) is 35.2 Å². The lowest BCUT2D eigenvalue weighted by atomic mass is 9.86. The van der Waals surface area contributed by atoms with Crippen molar-refractivity contribution >= 4 is 22.4 Å². The van der Waals surface area contributed by atoms with Crippen LogP contribution in [0.25, 0.3) is 10.8 Å². The maximum Gasteiger partial charge on any atom is 0.278 e. The molecule has 0 aliphatic carbocycles. The SMILES string of the molecule is CC(C)(C)c1ccc(C(=O)N(N=c2c(=O)c3ccccc3c2=O)c2ccccc2)cc1. The van der Waals surface area contributed by atoms with Crippen LogP contribution in [0, 0.1) is 0 Å². The van der Waals surface area contributed by atoms with Crippen molar-refractivity contribution in [3.05, 3.63) is 116 Å². The summed E-state index contributed by atoms with van der Waals surface area (Å²) < 4.78 is 0. The van der Waals surface area contributed by atoms with Crippen molar-refractivity contribution in [1.82, 2.24) is 0 Å². The number of carbonyl (C=O) groups excluding carboxylic acids is 1. The maximum atomic E-state index is 13.4. The van der Waals surface area contributed by atoms with Gasteiger partial charge in [0.05, 0.1) is 5.69 Å². The monoisotopic (exact) mass is 410 g/mol. The molecule has 0 unspecified atom stereocenters. The molecule has 154 valence electrons. The van der Waals surface area contributed by atoms with Crippen molar-refractivity contribution in [2.24, 2.45) is 5.10 Å². The highest BCUT2D eigenvalue weighted by Gasteiger charge is 2.21. The van der Waals surface area contributed by atoms with E-state index in [9.17, 15) is 14.4 Å². The zero-order valence-corrected chi connectivity index (χ0v) is 17.6. The van der Waals surface area contributed by atoms with Gasteiger partial charge in [-0.15, -0.1) is 0 Å². The van der Waals surface area contributed by atoms with Crippen molar-refractivity contribution in [1.29, 1.82) is 0 Å². The van der Waals surface area contributed by atoms with Crippen LogP contribution in [0.3, 0.4) is 0 Å². The first-order chi connectivity index (χ1) is 14.8. The first kappa shape index (κ1) is 20.4. The molecule has 0 saturated carbocycles. The van der Waals surface area contributed by atoms with Crippen LogP contribution in [0.1, 0.15) is 36.7 Å². The molecule has 4 rings (SSSR count). The van der Waals surface area contributed by atoms with E-state index < -0.39 is 16.8 Å². The second-order valence-electron chi connectivity index (χ2n) is 8.43. The summed E-state index contributed by atoms with van der Waals surface area (Å²) in [5.41, 5.74) is 0.983. The number of fused-ring (bicyclic) bond motifs is 1. The molecule has 5 heteroatoms. The lowest BCUT2D eigenvalue weighted by molar-refractivity contribution is 0.0986. The molecule has 0 N–H and O–H groups in total. The Labute approximate surface area is 179 Å². The van der Waals surface area contributed by atoms with E-state index in [0.717, 1.165) is 10.6 Å². The first-order valence-electron chi connectivity index (χ1n) is 10.0. The van der Waals surface area contributed by atoms with E-state index in [0.29, 0.717) is 22.0 Å². The maximum absolute atomic E-state index is 13.4. The number of rotatable bonds is 3. The Hall–Kier alpha value is -3.86. The lowest BCUT2D eigenvalue weighted by Crippen LogP contribution is -2.38. The third-order valence-corrected chi connectivity index (χ3v) is 5.24. The van der Waals surface area contributed by atoms with Crippen molar-refractivity contribution < 1.29 is 4.79 Å². The molecule has 4 aromatic rings. The predicted molar refractivity (Wildman–Crippen MR) is 123 cm³/mol. The van der Waals surface area contributed by atoms with Gasteiger partial charge in [-0.3, -0.25) is 14.4 Å². The second kappa shape index (κ2) is 7.76. The fourth-order valence-electron chi connectivity index (χ4n) is 3.45. The standard InChI is InChI=1S/C26H22N2O3/c1-26(2,3)18-15-13-17(14-16-18)25(31)28(19-9-5-4-6-10-19)27-22-23(29)20-11-7-8-12-21(20)24(22)30/h4-16H,1-3H3. The highest BCUT2D eigenvalue weighted by Crippen LogP contribution is 2.23. The summed E-state index contributed by atoms with van der Waals surface area (Å²) in [4.78, 5) is 39.0. The fraction of sp³-hybridized carbons (Fsp3) is 0.154. The van der Waals surface area contributed by atoms with E-state index in [1.165, 1.54) is 0 Å². The van der Waals surface area contributed by atoms with Crippen LogP contribution in [-0.4, -0.2) is 5.91 Å². The molecule has 0 aliphatic rings. The predicted octanol–water partition coefficient (Wildman–Crippen LogP) is 3.90. The molecule has 0 aliphatic heterocycles. The van der Waals surface area contributed by atoms with Crippen molar-refractivity contribution in [2.75, 3.05) is 5.01 Å². The number of benzene rings is 3. The summed E-state index contributed by atoms with van der Waals surface area (Å²) >= 11 is 0. The van der Waals surface area contributed by atoms with Crippen LogP contribution in [0.4, 0.5) is 5.69 Å². The van der Waals surface area contributed by atoms with Crippen LogP contribution in [0.15, 0.2) is 93.6 Å². The van der Waals surface area contributed by atoms with Gasteiger partial charge in [0.2, 0.25) is 10.9 Å². The normalized spacial score (nSPS) is 11.5. The Morgan fingerprint density at radius 3 is 1.77 bits per heavy atom. The van der Waals surface area contributed by atoms with E-state index in [-0.39, 0.29) is 10.8 Å². The van der Waals surface area contributed by atoms with Crippen LogP contribution >= 0.6 is 0 Å². The lowest BCUT2D eigenvalue weighted by Gasteiger charge is -2.20.